The molecule has 8 heteroatoms. The molecule has 28 heavy (non-hydrogen) atoms. The standard InChI is InChI=1S/C20H15ClN2O4S/c21-13-4-5-14(15(9-13)23-20(25)18-2-1-7-28-18)19(24)22-10-12-3-6-16-17(8-12)27-11-26-16/h1-9H,10-11H2,(H,22,24)(H,23,25). The zero-order chi connectivity index (χ0) is 19.5. The maximum absolute atomic E-state index is 12.7. The predicted octanol–water partition coefficient (Wildman–Crippen LogP) is 4.31. The molecule has 2 heterocycles. The first-order chi connectivity index (χ1) is 13.6. The Bertz CT molecular complexity index is 1040. The average Bonchev–Trinajstić information content (AvgIpc) is 3.37. The Balaban J connectivity index is 1.48. The van der Waals surface area contributed by atoms with Crippen molar-refractivity contribution >= 4 is 40.4 Å². The van der Waals surface area contributed by atoms with Gasteiger partial charge in [0.15, 0.2) is 11.5 Å². The molecule has 1 aliphatic heterocycles. The lowest BCUT2D eigenvalue weighted by molar-refractivity contribution is 0.0951. The van der Waals surface area contributed by atoms with Gasteiger partial charge >= 0.3 is 0 Å². The lowest BCUT2D eigenvalue weighted by Crippen LogP contribution is -2.24. The van der Waals surface area contributed by atoms with Gasteiger partial charge in [-0.25, -0.2) is 0 Å². The first kappa shape index (κ1) is 18.3. The van der Waals surface area contributed by atoms with E-state index in [0.29, 0.717) is 39.2 Å². The van der Waals surface area contributed by atoms with Crippen LogP contribution in [0.4, 0.5) is 5.69 Å². The van der Waals surface area contributed by atoms with Gasteiger partial charge in [0, 0.05) is 11.6 Å². The number of anilines is 1. The van der Waals surface area contributed by atoms with Crippen molar-refractivity contribution in [2.45, 2.75) is 6.54 Å². The Hall–Kier alpha value is -3.03. The molecule has 0 fully saturated rings. The summed E-state index contributed by atoms with van der Waals surface area (Å²) in [6, 6.07) is 13.7. The molecule has 2 aromatic carbocycles. The van der Waals surface area contributed by atoms with Crippen LogP contribution in [0.3, 0.4) is 0 Å². The van der Waals surface area contributed by atoms with Crippen molar-refractivity contribution in [3.8, 4) is 11.5 Å². The van der Waals surface area contributed by atoms with E-state index in [-0.39, 0.29) is 18.6 Å². The number of hydrogen-bond donors (Lipinski definition) is 2. The molecule has 0 radical (unpaired) electrons. The molecule has 0 saturated heterocycles. The first-order valence-electron chi connectivity index (χ1n) is 8.41. The minimum atomic E-state index is -0.323. The van der Waals surface area contributed by atoms with Crippen LogP contribution >= 0.6 is 22.9 Å². The van der Waals surface area contributed by atoms with E-state index >= 15 is 0 Å². The maximum Gasteiger partial charge on any atom is 0.265 e. The minimum Gasteiger partial charge on any atom is -0.454 e. The Kier molecular flexibility index (Phi) is 5.18. The Morgan fingerprint density at radius 1 is 1.04 bits per heavy atom. The summed E-state index contributed by atoms with van der Waals surface area (Å²) in [5.74, 6) is 0.728. The normalized spacial score (nSPS) is 11.9. The lowest BCUT2D eigenvalue weighted by atomic mass is 10.1. The number of carbonyl (C=O) groups excluding carboxylic acids is 2. The SMILES string of the molecule is O=C(Nc1cc(Cl)ccc1C(=O)NCc1ccc2c(c1)OCO2)c1cccs1. The zero-order valence-electron chi connectivity index (χ0n) is 14.5. The fourth-order valence-corrected chi connectivity index (χ4v) is 3.53. The van der Waals surface area contributed by atoms with Crippen molar-refractivity contribution in [3.63, 3.8) is 0 Å². The summed E-state index contributed by atoms with van der Waals surface area (Å²) >= 11 is 7.37. The van der Waals surface area contributed by atoms with E-state index in [0.717, 1.165) is 5.56 Å². The molecule has 0 aliphatic carbocycles. The highest BCUT2D eigenvalue weighted by Gasteiger charge is 2.17. The van der Waals surface area contributed by atoms with Crippen molar-refractivity contribution in [3.05, 3.63) is 74.9 Å². The van der Waals surface area contributed by atoms with Crippen LogP contribution in [0.2, 0.25) is 5.02 Å². The molecule has 0 bridgehead atoms. The summed E-state index contributed by atoms with van der Waals surface area (Å²) in [6.45, 7) is 0.500. The van der Waals surface area contributed by atoms with E-state index in [9.17, 15) is 9.59 Å². The first-order valence-corrected chi connectivity index (χ1v) is 9.67. The van der Waals surface area contributed by atoms with Gasteiger partial charge in [0.2, 0.25) is 6.79 Å². The van der Waals surface area contributed by atoms with Gasteiger partial charge in [-0.15, -0.1) is 11.3 Å². The number of hydrogen-bond acceptors (Lipinski definition) is 5. The third kappa shape index (κ3) is 3.95. The van der Waals surface area contributed by atoms with Crippen molar-refractivity contribution in [2.24, 2.45) is 0 Å². The lowest BCUT2D eigenvalue weighted by Gasteiger charge is -2.12. The molecule has 0 spiro atoms. The third-order valence-electron chi connectivity index (χ3n) is 4.11. The highest BCUT2D eigenvalue weighted by atomic mass is 35.5. The second-order valence-electron chi connectivity index (χ2n) is 5.99. The Morgan fingerprint density at radius 3 is 2.71 bits per heavy atom. The fraction of sp³-hybridized carbons (Fsp3) is 0.100. The third-order valence-corrected chi connectivity index (χ3v) is 5.21. The minimum absolute atomic E-state index is 0.198. The van der Waals surface area contributed by atoms with Crippen LogP contribution in [0.1, 0.15) is 25.6 Å². The number of halogens is 1. The highest BCUT2D eigenvalue weighted by molar-refractivity contribution is 7.12. The van der Waals surface area contributed by atoms with Gasteiger partial charge in [0.1, 0.15) is 0 Å². The van der Waals surface area contributed by atoms with Gasteiger partial charge in [0.25, 0.3) is 11.8 Å². The second-order valence-corrected chi connectivity index (χ2v) is 7.38. The van der Waals surface area contributed by atoms with Crippen molar-refractivity contribution in [1.29, 1.82) is 0 Å². The molecule has 3 aromatic rings. The van der Waals surface area contributed by atoms with Crippen LogP contribution in [0.25, 0.3) is 0 Å². The highest BCUT2D eigenvalue weighted by Crippen LogP contribution is 2.32. The molecule has 0 unspecified atom stereocenters. The van der Waals surface area contributed by atoms with Gasteiger partial charge in [0.05, 0.1) is 16.1 Å². The monoisotopic (exact) mass is 414 g/mol. The summed E-state index contributed by atoms with van der Waals surface area (Å²) in [5, 5.41) is 7.84. The number of fused-ring (bicyclic) bond motifs is 1. The molecule has 0 atom stereocenters. The van der Waals surface area contributed by atoms with E-state index in [1.165, 1.54) is 11.3 Å². The topological polar surface area (TPSA) is 76.7 Å². The van der Waals surface area contributed by atoms with Crippen LogP contribution in [-0.4, -0.2) is 18.6 Å². The number of carbonyl (C=O) groups is 2. The molecular weight excluding hydrogens is 400 g/mol. The van der Waals surface area contributed by atoms with Gasteiger partial charge in [-0.3, -0.25) is 9.59 Å². The molecule has 6 nitrogen and oxygen atoms in total. The van der Waals surface area contributed by atoms with E-state index in [1.807, 2.05) is 17.5 Å². The second kappa shape index (κ2) is 7.92. The van der Waals surface area contributed by atoms with E-state index in [1.54, 1.807) is 36.4 Å². The predicted molar refractivity (Wildman–Crippen MR) is 107 cm³/mol. The van der Waals surface area contributed by atoms with E-state index < -0.39 is 0 Å². The van der Waals surface area contributed by atoms with Crippen LogP contribution in [0.15, 0.2) is 53.9 Å². The van der Waals surface area contributed by atoms with Crippen LogP contribution in [-0.2, 0) is 6.54 Å². The van der Waals surface area contributed by atoms with Gasteiger partial charge in [-0.05, 0) is 47.3 Å². The molecular formula is C20H15ClN2O4S. The molecule has 142 valence electrons. The molecule has 1 aliphatic rings. The quantitative estimate of drug-likeness (QED) is 0.652. The number of thiophene rings is 1. The summed E-state index contributed by atoms with van der Waals surface area (Å²) in [7, 11) is 0. The number of ether oxygens (including phenoxy) is 2. The van der Waals surface area contributed by atoms with Crippen LogP contribution < -0.4 is 20.1 Å². The van der Waals surface area contributed by atoms with E-state index in [4.69, 9.17) is 21.1 Å². The van der Waals surface area contributed by atoms with Gasteiger partial charge < -0.3 is 20.1 Å². The molecule has 1 aromatic heterocycles. The van der Waals surface area contributed by atoms with Crippen molar-refractivity contribution in [1.82, 2.24) is 5.32 Å². The van der Waals surface area contributed by atoms with Crippen molar-refractivity contribution in [2.75, 3.05) is 12.1 Å². The number of amides is 2. The largest absolute Gasteiger partial charge is 0.454 e. The van der Waals surface area contributed by atoms with Crippen LogP contribution in [0, 0.1) is 0 Å². The number of benzene rings is 2. The molecule has 4 rings (SSSR count). The average molecular weight is 415 g/mol. The Labute approximate surface area is 170 Å². The molecule has 2 amide bonds. The summed E-state index contributed by atoms with van der Waals surface area (Å²) in [4.78, 5) is 25.6. The van der Waals surface area contributed by atoms with Gasteiger partial charge in [-0.2, -0.15) is 0 Å². The summed E-state index contributed by atoms with van der Waals surface area (Å²) < 4.78 is 10.6. The maximum atomic E-state index is 12.7. The zero-order valence-corrected chi connectivity index (χ0v) is 16.1. The Morgan fingerprint density at radius 2 is 1.89 bits per heavy atom. The van der Waals surface area contributed by atoms with Crippen molar-refractivity contribution < 1.29 is 19.1 Å². The summed E-state index contributed by atoms with van der Waals surface area (Å²) in [5.41, 5.74) is 1.56. The number of rotatable bonds is 5. The smallest absolute Gasteiger partial charge is 0.265 e. The van der Waals surface area contributed by atoms with Gasteiger partial charge in [-0.1, -0.05) is 23.7 Å². The van der Waals surface area contributed by atoms with E-state index in [2.05, 4.69) is 10.6 Å². The fourth-order valence-electron chi connectivity index (χ4n) is 2.74. The van der Waals surface area contributed by atoms with Crippen LogP contribution in [0.5, 0.6) is 11.5 Å². The molecule has 2 N–H and O–H groups in total. The summed E-state index contributed by atoms with van der Waals surface area (Å²) in [6.07, 6.45) is 0. The molecule has 0 saturated carbocycles. The number of nitrogens with one attached hydrogen (secondary N) is 2.